The van der Waals surface area contributed by atoms with Crippen LogP contribution in [0.15, 0.2) is 54.9 Å². The number of benzene rings is 2. The summed E-state index contributed by atoms with van der Waals surface area (Å²) in [6, 6.07) is 10.3. The monoisotopic (exact) mass is 399 g/mol. The van der Waals surface area contributed by atoms with E-state index in [-0.39, 0.29) is 18.3 Å². The van der Waals surface area contributed by atoms with Crippen molar-refractivity contribution >= 4 is 5.91 Å². The minimum Gasteiger partial charge on any atom is -0.497 e. The maximum absolute atomic E-state index is 13.0. The highest BCUT2D eigenvalue weighted by molar-refractivity contribution is 5.78. The molecular formula is C21H22FN3O4. The summed E-state index contributed by atoms with van der Waals surface area (Å²) in [5, 5.41) is 2.93. The molecule has 0 saturated carbocycles. The lowest BCUT2D eigenvalue weighted by Gasteiger charge is -2.20. The molecule has 1 amide bonds. The predicted molar refractivity (Wildman–Crippen MR) is 105 cm³/mol. The molecule has 1 N–H and O–H groups in total. The zero-order valence-corrected chi connectivity index (χ0v) is 16.4. The van der Waals surface area contributed by atoms with E-state index in [0.29, 0.717) is 23.1 Å². The molecule has 0 spiro atoms. The van der Waals surface area contributed by atoms with E-state index in [2.05, 4.69) is 10.3 Å². The van der Waals surface area contributed by atoms with Crippen LogP contribution >= 0.6 is 0 Å². The highest BCUT2D eigenvalue weighted by Gasteiger charge is 2.22. The Labute approximate surface area is 168 Å². The third-order valence-corrected chi connectivity index (χ3v) is 4.31. The standard InChI is InChI=1S/C21H22FN3O4/c1-25-9-8-23-21(25)20(14-10-17(27-2)12-18(11-14)28-3)24-19(26)13-29-16-6-4-15(22)5-7-16/h4-12,20H,13H2,1-3H3,(H,24,26). The number of nitrogens with zero attached hydrogens (tertiary/aromatic N) is 2. The molecule has 0 bridgehead atoms. The van der Waals surface area contributed by atoms with Gasteiger partial charge < -0.3 is 24.1 Å². The van der Waals surface area contributed by atoms with Gasteiger partial charge in [0.25, 0.3) is 5.91 Å². The van der Waals surface area contributed by atoms with Gasteiger partial charge in [-0.15, -0.1) is 0 Å². The number of aryl methyl sites for hydroxylation is 1. The lowest BCUT2D eigenvalue weighted by molar-refractivity contribution is -0.123. The number of methoxy groups -OCH3 is 2. The largest absolute Gasteiger partial charge is 0.497 e. The molecular weight excluding hydrogens is 377 g/mol. The van der Waals surface area contributed by atoms with Gasteiger partial charge in [0.2, 0.25) is 0 Å². The molecule has 0 saturated heterocycles. The highest BCUT2D eigenvalue weighted by Crippen LogP contribution is 2.29. The first kappa shape index (κ1) is 20.2. The summed E-state index contributed by atoms with van der Waals surface area (Å²) in [4.78, 5) is 16.9. The van der Waals surface area contributed by atoms with Crippen molar-refractivity contribution in [2.45, 2.75) is 6.04 Å². The first-order valence-electron chi connectivity index (χ1n) is 8.88. The Kier molecular flexibility index (Phi) is 6.33. The van der Waals surface area contributed by atoms with Crippen molar-refractivity contribution < 1.29 is 23.4 Å². The molecule has 0 radical (unpaired) electrons. The van der Waals surface area contributed by atoms with Crippen molar-refractivity contribution in [1.82, 2.24) is 14.9 Å². The number of halogens is 1. The quantitative estimate of drug-likeness (QED) is 0.631. The van der Waals surface area contributed by atoms with Gasteiger partial charge in [0.05, 0.1) is 14.2 Å². The van der Waals surface area contributed by atoms with E-state index in [0.717, 1.165) is 5.56 Å². The fourth-order valence-corrected chi connectivity index (χ4v) is 2.83. The number of imidazole rings is 1. The molecule has 3 rings (SSSR count). The molecule has 0 aliphatic rings. The van der Waals surface area contributed by atoms with Gasteiger partial charge >= 0.3 is 0 Å². The van der Waals surface area contributed by atoms with Crippen LogP contribution in [0.5, 0.6) is 17.2 Å². The van der Waals surface area contributed by atoms with E-state index >= 15 is 0 Å². The molecule has 29 heavy (non-hydrogen) atoms. The number of hydrogen-bond acceptors (Lipinski definition) is 5. The summed E-state index contributed by atoms with van der Waals surface area (Å²) in [6.45, 7) is -0.229. The van der Waals surface area contributed by atoms with Crippen molar-refractivity contribution in [2.24, 2.45) is 7.05 Å². The number of hydrogen-bond donors (Lipinski definition) is 1. The van der Waals surface area contributed by atoms with Crippen LogP contribution in [0.3, 0.4) is 0 Å². The Bertz CT molecular complexity index is 950. The Morgan fingerprint density at radius 1 is 1.10 bits per heavy atom. The molecule has 1 atom stereocenters. The first-order valence-corrected chi connectivity index (χ1v) is 8.88. The van der Waals surface area contributed by atoms with Gasteiger partial charge in [0, 0.05) is 25.5 Å². The molecule has 0 fully saturated rings. The Morgan fingerprint density at radius 2 is 1.76 bits per heavy atom. The van der Waals surface area contributed by atoms with Gasteiger partial charge in [-0.25, -0.2) is 9.37 Å². The van der Waals surface area contributed by atoms with E-state index in [1.54, 1.807) is 32.7 Å². The summed E-state index contributed by atoms with van der Waals surface area (Å²) in [5.74, 6) is 1.49. The summed E-state index contributed by atoms with van der Waals surface area (Å²) < 4.78 is 30.9. The molecule has 1 heterocycles. The molecule has 0 aliphatic carbocycles. The van der Waals surface area contributed by atoms with Crippen LogP contribution in [0, 0.1) is 5.82 Å². The maximum Gasteiger partial charge on any atom is 0.258 e. The molecule has 1 unspecified atom stereocenters. The number of amides is 1. The smallest absolute Gasteiger partial charge is 0.258 e. The van der Waals surface area contributed by atoms with Gasteiger partial charge in [-0.2, -0.15) is 0 Å². The lowest BCUT2D eigenvalue weighted by atomic mass is 10.0. The first-order chi connectivity index (χ1) is 14.0. The topological polar surface area (TPSA) is 74.6 Å². The van der Waals surface area contributed by atoms with Crippen LogP contribution in [0.25, 0.3) is 0 Å². The molecule has 3 aromatic rings. The van der Waals surface area contributed by atoms with Crippen molar-refractivity contribution in [3.05, 3.63) is 72.1 Å². The van der Waals surface area contributed by atoms with Crippen LogP contribution in [0.4, 0.5) is 4.39 Å². The second kappa shape index (κ2) is 9.09. The Morgan fingerprint density at radius 3 is 2.31 bits per heavy atom. The minimum atomic E-state index is -0.552. The van der Waals surface area contributed by atoms with Crippen LogP contribution in [0.1, 0.15) is 17.4 Å². The summed E-state index contributed by atoms with van der Waals surface area (Å²) in [6.07, 6.45) is 3.45. The summed E-state index contributed by atoms with van der Waals surface area (Å²) in [7, 11) is 4.96. The fraction of sp³-hybridized carbons (Fsp3) is 0.238. The van der Waals surface area contributed by atoms with E-state index in [9.17, 15) is 9.18 Å². The number of carbonyl (C=O) groups is 1. The van der Waals surface area contributed by atoms with E-state index in [1.807, 2.05) is 23.7 Å². The van der Waals surface area contributed by atoms with Crippen LogP contribution in [-0.4, -0.2) is 36.3 Å². The second-order valence-electron chi connectivity index (χ2n) is 6.29. The van der Waals surface area contributed by atoms with Crippen LogP contribution in [0.2, 0.25) is 0 Å². The molecule has 7 nitrogen and oxygen atoms in total. The number of nitrogens with one attached hydrogen (secondary N) is 1. The molecule has 2 aromatic carbocycles. The Balaban J connectivity index is 1.82. The second-order valence-corrected chi connectivity index (χ2v) is 6.29. The molecule has 1 aromatic heterocycles. The normalized spacial score (nSPS) is 11.6. The SMILES string of the molecule is COc1cc(OC)cc(C(NC(=O)COc2ccc(F)cc2)c2nccn2C)c1. The molecule has 8 heteroatoms. The predicted octanol–water partition coefficient (Wildman–Crippen LogP) is 2.86. The van der Waals surface area contributed by atoms with Crippen LogP contribution in [-0.2, 0) is 11.8 Å². The zero-order valence-electron chi connectivity index (χ0n) is 16.4. The fourth-order valence-electron chi connectivity index (χ4n) is 2.83. The average Bonchev–Trinajstić information content (AvgIpc) is 3.16. The van der Waals surface area contributed by atoms with Crippen LogP contribution < -0.4 is 19.5 Å². The van der Waals surface area contributed by atoms with Gasteiger partial charge in [0.15, 0.2) is 6.61 Å². The van der Waals surface area contributed by atoms with Crippen molar-refractivity contribution in [3.63, 3.8) is 0 Å². The highest BCUT2D eigenvalue weighted by atomic mass is 19.1. The number of rotatable bonds is 8. The Hall–Kier alpha value is -3.55. The third-order valence-electron chi connectivity index (χ3n) is 4.31. The average molecular weight is 399 g/mol. The third kappa shape index (κ3) is 5.04. The van der Waals surface area contributed by atoms with Gasteiger partial charge in [0.1, 0.15) is 34.9 Å². The number of carbonyl (C=O) groups excluding carboxylic acids is 1. The van der Waals surface area contributed by atoms with Crippen molar-refractivity contribution in [2.75, 3.05) is 20.8 Å². The van der Waals surface area contributed by atoms with E-state index < -0.39 is 6.04 Å². The molecule has 152 valence electrons. The van der Waals surface area contributed by atoms with Crippen molar-refractivity contribution in [1.29, 1.82) is 0 Å². The van der Waals surface area contributed by atoms with Gasteiger partial charge in [-0.1, -0.05) is 0 Å². The zero-order chi connectivity index (χ0) is 20.8. The maximum atomic E-state index is 13.0. The minimum absolute atomic E-state index is 0.229. The number of aromatic nitrogens is 2. The van der Waals surface area contributed by atoms with Crippen molar-refractivity contribution in [3.8, 4) is 17.2 Å². The molecule has 0 aliphatic heterocycles. The van der Waals surface area contributed by atoms with E-state index in [4.69, 9.17) is 14.2 Å². The summed E-state index contributed by atoms with van der Waals surface area (Å²) in [5.41, 5.74) is 0.741. The lowest BCUT2D eigenvalue weighted by Crippen LogP contribution is -2.34. The number of ether oxygens (including phenoxy) is 3. The van der Waals surface area contributed by atoms with Gasteiger partial charge in [-0.05, 0) is 42.0 Å². The summed E-state index contributed by atoms with van der Waals surface area (Å²) >= 11 is 0. The van der Waals surface area contributed by atoms with E-state index in [1.165, 1.54) is 24.3 Å². The van der Waals surface area contributed by atoms with Gasteiger partial charge in [-0.3, -0.25) is 4.79 Å².